The fourth-order valence-electron chi connectivity index (χ4n) is 2.97. The Bertz CT molecular complexity index is 1090. The first-order valence-electron chi connectivity index (χ1n) is 8.25. The molecule has 4 rings (SSSR count). The molecule has 0 atom stereocenters. The molecular weight excluding hydrogens is 388 g/mol. The standard InChI is InChI=1S/C17H16N4O4S2/c22-26(23)14-8-3-1-6-12(14)18-16(20-26)10-5-11-17-19-13-7-2-4-9-15(13)27(24,25)21-17/h1-4,6-9H,5,10-11H2,(H,18,20)(H,19,21). The average molecular weight is 404 g/mol. The lowest BCUT2D eigenvalue weighted by Crippen LogP contribution is -2.23. The molecule has 0 saturated heterocycles. The van der Waals surface area contributed by atoms with E-state index in [0.717, 1.165) is 0 Å². The van der Waals surface area contributed by atoms with E-state index in [1.807, 2.05) is 0 Å². The quantitative estimate of drug-likeness (QED) is 0.809. The van der Waals surface area contributed by atoms with Crippen LogP contribution in [0.25, 0.3) is 0 Å². The molecule has 2 aliphatic heterocycles. The minimum absolute atomic E-state index is 0.148. The van der Waals surface area contributed by atoms with E-state index in [0.29, 0.717) is 42.3 Å². The fourth-order valence-corrected chi connectivity index (χ4v) is 5.32. The Hall–Kier alpha value is -2.72. The van der Waals surface area contributed by atoms with Gasteiger partial charge in [-0.15, -0.1) is 8.80 Å². The third-order valence-corrected chi connectivity index (χ3v) is 6.92. The van der Waals surface area contributed by atoms with Crippen LogP contribution < -0.4 is 10.6 Å². The van der Waals surface area contributed by atoms with Crippen molar-refractivity contribution in [2.45, 2.75) is 29.1 Å². The van der Waals surface area contributed by atoms with E-state index in [-0.39, 0.29) is 9.79 Å². The number of benzene rings is 2. The lowest BCUT2D eigenvalue weighted by molar-refractivity contribution is 0.596. The summed E-state index contributed by atoms with van der Waals surface area (Å²) in [6.07, 6.45) is 1.17. The van der Waals surface area contributed by atoms with Gasteiger partial charge in [0, 0.05) is 12.8 Å². The zero-order valence-electron chi connectivity index (χ0n) is 14.1. The number of hydrogen-bond acceptors (Lipinski definition) is 6. The fraction of sp³-hybridized carbons (Fsp3) is 0.176. The van der Waals surface area contributed by atoms with E-state index >= 15 is 0 Å². The van der Waals surface area contributed by atoms with E-state index in [9.17, 15) is 16.8 Å². The van der Waals surface area contributed by atoms with Crippen LogP contribution in [0.3, 0.4) is 0 Å². The molecule has 2 aliphatic rings. The molecule has 2 aromatic rings. The molecule has 0 aromatic heterocycles. The van der Waals surface area contributed by atoms with Crippen molar-refractivity contribution in [1.82, 2.24) is 0 Å². The SMILES string of the molecule is O=S1(=O)N=C(CCCC2=NS(=O)(=O)c3ccccc3N2)Nc2ccccc21. The molecule has 0 aliphatic carbocycles. The molecule has 0 saturated carbocycles. The van der Waals surface area contributed by atoms with Crippen molar-refractivity contribution in [2.24, 2.45) is 8.80 Å². The van der Waals surface area contributed by atoms with Crippen LogP contribution in [0.5, 0.6) is 0 Å². The molecule has 0 spiro atoms. The summed E-state index contributed by atoms with van der Waals surface area (Å²) in [4.78, 5) is 0.296. The predicted octanol–water partition coefficient (Wildman–Crippen LogP) is 2.58. The second-order valence-electron chi connectivity index (χ2n) is 6.12. The number of nitrogens with zero attached hydrogens (tertiary/aromatic N) is 2. The molecule has 0 radical (unpaired) electrons. The molecule has 0 fully saturated rings. The van der Waals surface area contributed by atoms with E-state index < -0.39 is 20.0 Å². The van der Waals surface area contributed by atoms with Gasteiger partial charge in [0.15, 0.2) is 0 Å². The molecule has 0 unspecified atom stereocenters. The molecule has 8 nitrogen and oxygen atoms in total. The van der Waals surface area contributed by atoms with Crippen LogP contribution in [-0.4, -0.2) is 28.5 Å². The van der Waals surface area contributed by atoms with Gasteiger partial charge in [0.1, 0.15) is 21.5 Å². The highest BCUT2D eigenvalue weighted by molar-refractivity contribution is 7.90. The second-order valence-corrected chi connectivity index (χ2v) is 9.27. The number of para-hydroxylation sites is 2. The maximum absolute atomic E-state index is 12.2. The Morgan fingerprint density at radius 3 is 1.52 bits per heavy atom. The van der Waals surface area contributed by atoms with Crippen molar-refractivity contribution in [3.8, 4) is 0 Å². The van der Waals surface area contributed by atoms with Crippen molar-refractivity contribution in [3.63, 3.8) is 0 Å². The summed E-state index contributed by atoms with van der Waals surface area (Å²) >= 11 is 0. The number of nitrogens with one attached hydrogen (secondary N) is 2. The van der Waals surface area contributed by atoms with Crippen molar-refractivity contribution in [2.75, 3.05) is 10.6 Å². The topological polar surface area (TPSA) is 117 Å². The zero-order valence-corrected chi connectivity index (χ0v) is 15.7. The summed E-state index contributed by atoms with van der Waals surface area (Å²) in [5.41, 5.74) is 0.985. The van der Waals surface area contributed by atoms with Gasteiger partial charge in [-0.2, -0.15) is 16.8 Å². The molecule has 140 valence electrons. The number of hydrogen-bond donors (Lipinski definition) is 2. The van der Waals surface area contributed by atoms with Crippen molar-refractivity contribution in [3.05, 3.63) is 48.5 Å². The van der Waals surface area contributed by atoms with Crippen LogP contribution in [0.1, 0.15) is 19.3 Å². The molecule has 2 heterocycles. The average Bonchev–Trinajstić information content (AvgIpc) is 2.61. The summed E-state index contributed by atoms with van der Waals surface area (Å²) in [6, 6.07) is 13.1. The first kappa shape index (κ1) is 17.7. The summed E-state index contributed by atoms with van der Waals surface area (Å²) in [5.74, 6) is 0.654. The number of sulfonamides is 2. The van der Waals surface area contributed by atoms with Crippen molar-refractivity contribution < 1.29 is 16.8 Å². The molecule has 2 N–H and O–H groups in total. The highest BCUT2D eigenvalue weighted by Crippen LogP contribution is 2.29. The Labute approximate surface area is 157 Å². The van der Waals surface area contributed by atoms with Gasteiger partial charge in [-0.3, -0.25) is 0 Å². The molecule has 2 aromatic carbocycles. The molecule has 0 bridgehead atoms. The third-order valence-electron chi connectivity index (χ3n) is 4.18. The Morgan fingerprint density at radius 2 is 1.07 bits per heavy atom. The van der Waals surface area contributed by atoms with Crippen molar-refractivity contribution >= 4 is 43.1 Å². The Kier molecular flexibility index (Phi) is 4.23. The summed E-state index contributed by atoms with van der Waals surface area (Å²) in [7, 11) is -7.44. The molecular formula is C17H16N4O4S2. The Balaban J connectivity index is 1.46. The lowest BCUT2D eigenvalue weighted by atomic mass is 10.2. The monoisotopic (exact) mass is 404 g/mol. The number of rotatable bonds is 4. The van der Waals surface area contributed by atoms with E-state index in [4.69, 9.17) is 0 Å². The summed E-state index contributed by atoms with van der Waals surface area (Å²) < 4.78 is 56.5. The number of amidine groups is 2. The van der Waals surface area contributed by atoms with Gasteiger partial charge in [-0.05, 0) is 30.7 Å². The minimum Gasteiger partial charge on any atom is -0.342 e. The van der Waals surface area contributed by atoms with Crippen LogP contribution >= 0.6 is 0 Å². The van der Waals surface area contributed by atoms with Crippen LogP contribution in [-0.2, 0) is 20.0 Å². The van der Waals surface area contributed by atoms with E-state index in [2.05, 4.69) is 19.4 Å². The van der Waals surface area contributed by atoms with Crippen LogP contribution in [0.15, 0.2) is 67.1 Å². The minimum atomic E-state index is -3.72. The van der Waals surface area contributed by atoms with Crippen molar-refractivity contribution in [1.29, 1.82) is 0 Å². The van der Waals surface area contributed by atoms with Gasteiger partial charge in [-0.25, -0.2) is 0 Å². The van der Waals surface area contributed by atoms with Gasteiger partial charge >= 0.3 is 0 Å². The first-order valence-corrected chi connectivity index (χ1v) is 11.1. The highest BCUT2D eigenvalue weighted by atomic mass is 32.2. The molecule has 27 heavy (non-hydrogen) atoms. The maximum atomic E-state index is 12.2. The predicted molar refractivity (Wildman–Crippen MR) is 103 cm³/mol. The van der Waals surface area contributed by atoms with Gasteiger partial charge in [0.05, 0.1) is 11.4 Å². The van der Waals surface area contributed by atoms with Gasteiger partial charge in [0.25, 0.3) is 20.0 Å². The first-order chi connectivity index (χ1) is 12.9. The van der Waals surface area contributed by atoms with E-state index in [1.165, 1.54) is 12.1 Å². The molecule has 0 amide bonds. The summed E-state index contributed by atoms with van der Waals surface area (Å²) in [6.45, 7) is 0. The smallest absolute Gasteiger partial charge is 0.286 e. The summed E-state index contributed by atoms with van der Waals surface area (Å²) in [5, 5.41) is 6.03. The number of fused-ring (bicyclic) bond motifs is 2. The van der Waals surface area contributed by atoms with Crippen LogP contribution in [0, 0.1) is 0 Å². The van der Waals surface area contributed by atoms with Crippen LogP contribution in [0.4, 0.5) is 11.4 Å². The van der Waals surface area contributed by atoms with Gasteiger partial charge in [0.2, 0.25) is 0 Å². The van der Waals surface area contributed by atoms with E-state index in [1.54, 1.807) is 36.4 Å². The number of anilines is 2. The largest absolute Gasteiger partial charge is 0.342 e. The maximum Gasteiger partial charge on any atom is 0.286 e. The zero-order chi connectivity index (χ0) is 19.1. The van der Waals surface area contributed by atoms with Gasteiger partial charge < -0.3 is 10.6 Å². The molecule has 10 heteroatoms. The highest BCUT2D eigenvalue weighted by Gasteiger charge is 2.26. The second kappa shape index (κ2) is 6.46. The van der Waals surface area contributed by atoms with Gasteiger partial charge in [-0.1, -0.05) is 24.3 Å². The van der Waals surface area contributed by atoms with Crippen LogP contribution in [0.2, 0.25) is 0 Å². The third kappa shape index (κ3) is 3.45. The Morgan fingerprint density at radius 1 is 0.667 bits per heavy atom. The lowest BCUT2D eigenvalue weighted by Gasteiger charge is -2.19. The normalized spacial score (nSPS) is 18.8.